The summed E-state index contributed by atoms with van der Waals surface area (Å²) in [6, 6.07) is 8.10. The van der Waals surface area contributed by atoms with Crippen molar-refractivity contribution in [3.63, 3.8) is 0 Å². The predicted octanol–water partition coefficient (Wildman–Crippen LogP) is 3.16. The Hall–Kier alpha value is -1.86. The fraction of sp³-hybridized carbons (Fsp3) is 0.471. The molecule has 1 aromatic heterocycles. The van der Waals surface area contributed by atoms with Crippen molar-refractivity contribution < 1.29 is 17.7 Å². The Morgan fingerprint density at radius 2 is 2.08 bits per heavy atom. The van der Waals surface area contributed by atoms with Gasteiger partial charge in [0.15, 0.2) is 0 Å². The summed E-state index contributed by atoms with van der Waals surface area (Å²) in [5, 5.41) is 4.10. The van der Waals surface area contributed by atoms with Crippen LogP contribution in [-0.4, -0.2) is 31.5 Å². The fourth-order valence-corrected chi connectivity index (χ4v) is 4.73. The maximum Gasteiger partial charge on any atom is 0.243 e. The summed E-state index contributed by atoms with van der Waals surface area (Å²) in [7, 11) is -2.01. The summed E-state index contributed by atoms with van der Waals surface area (Å²) in [5.74, 6) is 1.44. The summed E-state index contributed by atoms with van der Waals surface area (Å²) < 4.78 is 37.9. The maximum atomic E-state index is 13.0. The van der Waals surface area contributed by atoms with Crippen LogP contribution in [0.4, 0.5) is 0 Å². The van der Waals surface area contributed by atoms with Crippen molar-refractivity contribution in [3.05, 3.63) is 41.8 Å². The minimum absolute atomic E-state index is 0.258. The van der Waals surface area contributed by atoms with Crippen molar-refractivity contribution in [2.24, 2.45) is 0 Å². The predicted molar refractivity (Wildman–Crippen MR) is 89.4 cm³/mol. The Balaban J connectivity index is 1.87. The molecule has 2 aromatic rings. The lowest BCUT2D eigenvalue weighted by atomic mass is 10.1. The topological polar surface area (TPSA) is 72.6 Å². The fourth-order valence-electron chi connectivity index (χ4n) is 3.06. The lowest BCUT2D eigenvalue weighted by Crippen LogP contribution is -2.30. The molecule has 1 atom stereocenters. The number of benzene rings is 1. The van der Waals surface area contributed by atoms with Gasteiger partial charge in [-0.05, 0) is 43.5 Å². The Labute approximate surface area is 142 Å². The molecule has 0 N–H and O–H groups in total. The Morgan fingerprint density at radius 1 is 1.33 bits per heavy atom. The Morgan fingerprint density at radius 3 is 2.75 bits per heavy atom. The number of aryl methyl sites for hydroxylation is 1. The maximum absolute atomic E-state index is 13.0. The van der Waals surface area contributed by atoms with Gasteiger partial charge in [0.25, 0.3) is 0 Å². The normalized spacial score (nSPS) is 18.8. The van der Waals surface area contributed by atoms with Crippen molar-refractivity contribution in [2.45, 2.75) is 43.5 Å². The molecule has 130 valence electrons. The first-order valence-corrected chi connectivity index (χ1v) is 9.61. The van der Waals surface area contributed by atoms with Gasteiger partial charge < -0.3 is 9.26 Å². The second-order valence-electron chi connectivity index (χ2n) is 5.92. The molecule has 24 heavy (non-hydrogen) atoms. The lowest BCUT2D eigenvalue weighted by Gasteiger charge is -2.22. The first-order chi connectivity index (χ1) is 11.6. The average Bonchev–Trinajstić information content (AvgIpc) is 3.24. The molecule has 7 heteroatoms. The van der Waals surface area contributed by atoms with Crippen molar-refractivity contribution >= 4 is 10.0 Å². The minimum Gasteiger partial charge on any atom is -0.497 e. The molecule has 0 radical (unpaired) electrons. The van der Waals surface area contributed by atoms with E-state index >= 15 is 0 Å². The van der Waals surface area contributed by atoms with E-state index in [2.05, 4.69) is 12.1 Å². The van der Waals surface area contributed by atoms with Crippen LogP contribution in [0.5, 0.6) is 5.75 Å². The van der Waals surface area contributed by atoms with Gasteiger partial charge in [0.2, 0.25) is 10.0 Å². The van der Waals surface area contributed by atoms with Gasteiger partial charge in [0.05, 0.1) is 18.0 Å². The Kier molecular flexibility index (Phi) is 4.91. The number of ether oxygens (including phenoxy) is 1. The highest BCUT2D eigenvalue weighted by molar-refractivity contribution is 7.89. The van der Waals surface area contributed by atoms with Gasteiger partial charge in [-0.15, -0.1) is 0 Å². The van der Waals surface area contributed by atoms with E-state index in [-0.39, 0.29) is 10.9 Å². The zero-order chi connectivity index (χ0) is 17.2. The second-order valence-corrected chi connectivity index (χ2v) is 7.81. The van der Waals surface area contributed by atoms with Crippen LogP contribution in [0.15, 0.2) is 39.8 Å². The third kappa shape index (κ3) is 3.18. The van der Waals surface area contributed by atoms with Crippen LogP contribution in [0, 0.1) is 0 Å². The van der Waals surface area contributed by atoms with E-state index in [9.17, 15) is 8.42 Å². The van der Waals surface area contributed by atoms with Gasteiger partial charge in [0, 0.05) is 19.0 Å². The molecule has 6 nitrogen and oxygen atoms in total. The molecule has 0 saturated carbocycles. The molecule has 1 saturated heterocycles. The SMILES string of the molecule is CCCc1cc([C@@H]2CCCN2S(=O)(=O)c2ccc(OC)cc2)no1. The molecule has 2 heterocycles. The van der Waals surface area contributed by atoms with Crippen molar-refractivity contribution in [3.8, 4) is 5.75 Å². The van der Waals surface area contributed by atoms with Crippen LogP contribution >= 0.6 is 0 Å². The smallest absolute Gasteiger partial charge is 0.243 e. The summed E-state index contributed by atoms with van der Waals surface area (Å²) in [6.45, 7) is 2.56. The zero-order valence-corrected chi connectivity index (χ0v) is 14.8. The standard InChI is InChI=1S/C17H22N2O4S/c1-3-5-14-12-16(18-23-14)17-6-4-11-19(17)24(20,21)15-9-7-13(22-2)8-10-15/h7-10,12,17H,3-6,11H2,1-2H3/t17-/m0/s1. The lowest BCUT2D eigenvalue weighted by molar-refractivity contribution is 0.343. The van der Waals surface area contributed by atoms with Crippen molar-refractivity contribution in [2.75, 3.05) is 13.7 Å². The van der Waals surface area contributed by atoms with E-state index in [0.29, 0.717) is 18.0 Å². The molecular weight excluding hydrogens is 328 g/mol. The van der Waals surface area contributed by atoms with E-state index in [0.717, 1.165) is 31.4 Å². The number of sulfonamides is 1. The number of aromatic nitrogens is 1. The molecule has 0 spiro atoms. The van der Waals surface area contributed by atoms with E-state index < -0.39 is 10.0 Å². The second kappa shape index (κ2) is 6.94. The van der Waals surface area contributed by atoms with Crippen LogP contribution in [0.3, 0.4) is 0 Å². The number of methoxy groups -OCH3 is 1. The largest absolute Gasteiger partial charge is 0.497 e. The molecule has 1 aliphatic rings. The minimum atomic E-state index is -3.57. The van der Waals surface area contributed by atoms with Crippen molar-refractivity contribution in [1.29, 1.82) is 0 Å². The molecular formula is C17H22N2O4S. The third-order valence-electron chi connectivity index (χ3n) is 4.28. The van der Waals surface area contributed by atoms with Crippen LogP contribution in [0.1, 0.15) is 43.7 Å². The van der Waals surface area contributed by atoms with Gasteiger partial charge in [-0.2, -0.15) is 4.31 Å². The van der Waals surface area contributed by atoms with Crippen LogP contribution in [0.25, 0.3) is 0 Å². The summed E-state index contributed by atoms with van der Waals surface area (Å²) in [4.78, 5) is 0.271. The van der Waals surface area contributed by atoms with Crippen molar-refractivity contribution in [1.82, 2.24) is 9.46 Å². The molecule has 0 amide bonds. The number of hydrogen-bond acceptors (Lipinski definition) is 5. The monoisotopic (exact) mass is 350 g/mol. The molecule has 1 fully saturated rings. The van der Waals surface area contributed by atoms with Gasteiger partial charge in [-0.3, -0.25) is 0 Å². The molecule has 0 unspecified atom stereocenters. The molecule has 0 aliphatic carbocycles. The highest BCUT2D eigenvalue weighted by Crippen LogP contribution is 2.36. The van der Waals surface area contributed by atoms with E-state index in [1.54, 1.807) is 31.4 Å². The van der Waals surface area contributed by atoms with Crippen LogP contribution in [0.2, 0.25) is 0 Å². The number of rotatable bonds is 6. The third-order valence-corrected chi connectivity index (χ3v) is 6.21. The number of nitrogens with zero attached hydrogens (tertiary/aromatic N) is 2. The molecule has 0 bridgehead atoms. The van der Waals surface area contributed by atoms with Crippen LogP contribution in [-0.2, 0) is 16.4 Å². The van der Waals surface area contributed by atoms with E-state index in [4.69, 9.17) is 9.26 Å². The van der Waals surface area contributed by atoms with Gasteiger partial charge >= 0.3 is 0 Å². The van der Waals surface area contributed by atoms with Gasteiger partial charge in [-0.1, -0.05) is 12.1 Å². The highest BCUT2D eigenvalue weighted by Gasteiger charge is 2.37. The average molecular weight is 350 g/mol. The molecule has 3 rings (SSSR count). The summed E-state index contributed by atoms with van der Waals surface area (Å²) in [6.07, 6.45) is 3.35. The van der Waals surface area contributed by atoms with E-state index in [1.165, 1.54) is 4.31 Å². The molecule has 1 aromatic carbocycles. The highest BCUT2D eigenvalue weighted by atomic mass is 32.2. The zero-order valence-electron chi connectivity index (χ0n) is 13.9. The van der Waals surface area contributed by atoms with E-state index in [1.807, 2.05) is 6.07 Å². The summed E-state index contributed by atoms with van der Waals surface area (Å²) >= 11 is 0. The quantitative estimate of drug-likeness (QED) is 0.800. The van der Waals surface area contributed by atoms with Gasteiger partial charge in [0.1, 0.15) is 17.2 Å². The number of hydrogen-bond donors (Lipinski definition) is 0. The first-order valence-electron chi connectivity index (χ1n) is 8.17. The Bertz CT molecular complexity index is 783. The summed E-state index contributed by atoms with van der Waals surface area (Å²) in [5.41, 5.74) is 0.702. The van der Waals surface area contributed by atoms with Crippen LogP contribution < -0.4 is 4.74 Å². The van der Waals surface area contributed by atoms with Gasteiger partial charge in [-0.25, -0.2) is 8.42 Å². The first kappa shape index (κ1) is 17.0. The molecule has 1 aliphatic heterocycles.